The lowest BCUT2D eigenvalue weighted by Gasteiger charge is -2.18. The fraction of sp³-hybridized carbons (Fsp3) is 0.273. The van der Waals surface area contributed by atoms with Crippen molar-refractivity contribution >= 4 is 22.5 Å². The summed E-state index contributed by atoms with van der Waals surface area (Å²) in [5.41, 5.74) is 7.83. The van der Waals surface area contributed by atoms with E-state index in [0.717, 1.165) is 21.5 Å². The third-order valence-corrected chi connectivity index (χ3v) is 2.69. The highest BCUT2D eigenvalue weighted by Gasteiger charge is 2.14. The van der Waals surface area contributed by atoms with E-state index in [4.69, 9.17) is 17.3 Å². The molecule has 0 amide bonds. The van der Waals surface area contributed by atoms with E-state index in [2.05, 4.69) is 4.98 Å². The molecule has 14 heavy (non-hydrogen) atoms. The van der Waals surface area contributed by atoms with Crippen LogP contribution in [-0.4, -0.2) is 4.98 Å². The Balaban J connectivity index is 2.63. The molecule has 2 rings (SSSR count). The van der Waals surface area contributed by atoms with Crippen LogP contribution in [0.3, 0.4) is 0 Å². The Kier molecular flexibility index (Phi) is 2.05. The number of hydrogen-bond acceptors (Lipinski definition) is 1. The summed E-state index contributed by atoms with van der Waals surface area (Å²) in [5.74, 6) is 0. The van der Waals surface area contributed by atoms with Crippen LogP contribution in [0.2, 0.25) is 5.02 Å². The number of halogens is 1. The second kappa shape index (κ2) is 3.01. The molecule has 0 spiro atoms. The minimum absolute atomic E-state index is 0.314. The summed E-state index contributed by atoms with van der Waals surface area (Å²) in [5, 5.41) is 1.79. The zero-order valence-corrected chi connectivity index (χ0v) is 9.02. The average molecular weight is 209 g/mol. The number of aromatic amines is 1. The van der Waals surface area contributed by atoms with Gasteiger partial charge in [-0.05, 0) is 25.5 Å². The number of fused-ring (bicyclic) bond motifs is 1. The smallest absolute Gasteiger partial charge is 0.0659 e. The summed E-state index contributed by atoms with van der Waals surface area (Å²) in [6.45, 7) is 3.97. The third kappa shape index (κ3) is 1.51. The summed E-state index contributed by atoms with van der Waals surface area (Å²) in [4.78, 5) is 3.11. The van der Waals surface area contributed by atoms with Crippen LogP contribution in [0.5, 0.6) is 0 Å². The highest BCUT2D eigenvalue weighted by Crippen LogP contribution is 2.26. The van der Waals surface area contributed by atoms with Crippen LogP contribution < -0.4 is 5.73 Å². The van der Waals surface area contributed by atoms with Crippen molar-refractivity contribution in [3.05, 3.63) is 35.0 Å². The minimum atomic E-state index is -0.314. The largest absolute Gasteiger partial charge is 0.360 e. The van der Waals surface area contributed by atoms with Crippen LogP contribution in [-0.2, 0) is 5.54 Å². The van der Waals surface area contributed by atoms with Crippen molar-refractivity contribution < 1.29 is 0 Å². The second-order valence-electron chi connectivity index (χ2n) is 4.12. The van der Waals surface area contributed by atoms with E-state index in [1.165, 1.54) is 0 Å². The Bertz CT molecular complexity index is 466. The number of rotatable bonds is 1. The van der Waals surface area contributed by atoms with E-state index in [-0.39, 0.29) is 5.54 Å². The first-order chi connectivity index (χ1) is 6.48. The van der Waals surface area contributed by atoms with Gasteiger partial charge < -0.3 is 10.7 Å². The molecular formula is C11H13ClN2. The molecular weight excluding hydrogens is 196 g/mol. The molecule has 0 bridgehead atoms. The maximum atomic E-state index is 6.01. The first-order valence-corrected chi connectivity index (χ1v) is 4.92. The van der Waals surface area contributed by atoms with Crippen molar-refractivity contribution in [2.24, 2.45) is 5.73 Å². The second-order valence-corrected chi connectivity index (χ2v) is 4.53. The lowest BCUT2D eigenvalue weighted by Crippen LogP contribution is -2.28. The number of nitrogens with one attached hydrogen (secondary N) is 1. The maximum Gasteiger partial charge on any atom is 0.0659 e. The molecule has 0 aliphatic heterocycles. The quantitative estimate of drug-likeness (QED) is 0.743. The van der Waals surface area contributed by atoms with Gasteiger partial charge in [0.15, 0.2) is 0 Å². The van der Waals surface area contributed by atoms with Crippen LogP contribution in [0.15, 0.2) is 24.4 Å². The third-order valence-electron chi connectivity index (χ3n) is 2.38. The Labute approximate surface area is 88.1 Å². The molecule has 2 aromatic rings. The summed E-state index contributed by atoms with van der Waals surface area (Å²) in [7, 11) is 0. The lowest BCUT2D eigenvalue weighted by molar-refractivity contribution is 0.555. The highest BCUT2D eigenvalue weighted by molar-refractivity contribution is 6.35. The molecule has 0 radical (unpaired) electrons. The Hall–Kier alpha value is -0.990. The molecule has 1 aromatic carbocycles. The van der Waals surface area contributed by atoms with Gasteiger partial charge in [-0.3, -0.25) is 0 Å². The van der Waals surface area contributed by atoms with E-state index in [0.29, 0.717) is 0 Å². The standard InChI is InChI=1S/C11H13ClN2/c1-11(2,13)7-3-4-8-9(12)6-14-10(8)5-7/h3-6,14H,13H2,1-2H3. The predicted octanol–water partition coefficient (Wildman–Crippen LogP) is 3.02. The SMILES string of the molecule is CC(C)(N)c1ccc2c(Cl)c[nH]c2c1. The van der Waals surface area contributed by atoms with Crippen LogP contribution in [0.1, 0.15) is 19.4 Å². The van der Waals surface area contributed by atoms with Gasteiger partial charge in [0.25, 0.3) is 0 Å². The van der Waals surface area contributed by atoms with Gasteiger partial charge in [0.2, 0.25) is 0 Å². The van der Waals surface area contributed by atoms with Gasteiger partial charge in [-0.15, -0.1) is 0 Å². The van der Waals surface area contributed by atoms with Crippen molar-refractivity contribution in [2.75, 3.05) is 0 Å². The van der Waals surface area contributed by atoms with Crippen LogP contribution in [0.4, 0.5) is 0 Å². The molecule has 0 aliphatic carbocycles. The minimum Gasteiger partial charge on any atom is -0.360 e. The fourth-order valence-electron chi connectivity index (χ4n) is 1.49. The van der Waals surface area contributed by atoms with Crippen molar-refractivity contribution in [3.63, 3.8) is 0 Å². The van der Waals surface area contributed by atoms with E-state index in [9.17, 15) is 0 Å². The molecule has 0 saturated heterocycles. The number of H-pyrrole nitrogens is 1. The number of aromatic nitrogens is 1. The van der Waals surface area contributed by atoms with Crippen LogP contribution >= 0.6 is 11.6 Å². The van der Waals surface area contributed by atoms with Gasteiger partial charge in [-0.2, -0.15) is 0 Å². The molecule has 0 fully saturated rings. The molecule has 0 atom stereocenters. The molecule has 0 unspecified atom stereocenters. The molecule has 0 aliphatic rings. The Morgan fingerprint density at radius 3 is 2.71 bits per heavy atom. The van der Waals surface area contributed by atoms with Crippen LogP contribution in [0, 0.1) is 0 Å². The van der Waals surface area contributed by atoms with Gasteiger partial charge in [0, 0.05) is 22.6 Å². The molecule has 0 saturated carbocycles. The lowest BCUT2D eigenvalue weighted by atomic mass is 9.95. The van der Waals surface area contributed by atoms with Crippen molar-refractivity contribution in [1.29, 1.82) is 0 Å². The van der Waals surface area contributed by atoms with Gasteiger partial charge in [0.1, 0.15) is 0 Å². The topological polar surface area (TPSA) is 41.8 Å². The average Bonchev–Trinajstić information content (AvgIpc) is 2.46. The summed E-state index contributed by atoms with van der Waals surface area (Å²) >= 11 is 5.98. The molecule has 1 aromatic heterocycles. The van der Waals surface area contributed by atoms with E-state index in [1.807, 2.05) is 32.0 Å². The predicted molar refractivity (Wildman–Crippen MR) is 60.5 cm³/mol. The van der Waals surface area contributed by atoms with E-state index < -0.39 is 0 Å². The Morgan fingerprint density at radius 1 is 1.36 bits per heavy atom. The van der Waals surface area contributed by atoms with Crippen molar-refractivity contribution in [1.82, 2.24) is 4.98 Å². The van der Waals surface area contributed by atoms with Crippen molar-refractivity contribution in [3.8, 4) is 0 Å². The fourth-order valence-corrected chi connectivity index (χ4v) is 1.71. The molecule has 1 heterocycles. The summed E-state index contributed by atoms with van der Waals surface area (Å²) < 4.78 is 0. The number of nitrogens with two attached hydrogens (primary N) is 1. The first-order valence-electron chi connectivity index (χ1n) is 4.54. The zero-order chi connectivity index (χ0) is 10.3. The van der Waals surface area contributed by atoms with Gasteiger partial charge in [-0.1, -0.05) is 23.7 Å². The molecule has 3 N–H and O–H groups in total. The normalized spacial score (nSPS) is 12.3. The van der Waals surface area contributed by atoms with E-state index >= 15 is 0 Å². The van der Waals surface area contributed by atoms with Gasteiger partial charge in [0.05, 0.1) is 5.02 Å². The number of benzene rings is 1. The summed E-state index contributed by atoms with van der Waals surface area (Å²) in [6, 6.07) is 6.06. The van der Waals surface area contributed by atoms with Crippen molar-refractivity contribution in [2.45, 2.75) is 19.4 Å². The molecule has 2 nitrogen and oxygen atoms in total. The molecule has 3 heteroatoms. The van der Waals surface area contributed by atoms with Gasteiger partial charge in [-0.25, -0.2) is 0 Å². The highest BCUT2D eigenvalue weighted by atomic mass is 35.5. The van der Waals surface area contributed by atoms with Crippen LogP contribution in [0.25, 0.3) is 10.9 Å². The van der Waals surface area contributed by atoms with E-state index in [1.54, 1.807) is 6.20 Å². The summed E-state index contributed by atoms with van der Waals surface area (Å²) in [6.07, 6.45) is 1.79. The van der Waals surface area contributed by atoms with Gasteiger partial charge >= 0.3 is 0 Å². The monoisotopic (exact) mass is 208 g/mol. The Morgan fingerprint density at radius 2 is 2.07 bits per heavy atom. The first kappa shape index (κ1) is 9.56. The zero-order valence-electron chi connectivity index (χ0n) is 8.26. The molecule has 74 valence electrons. The number of hydrogen-bond donors (Lipinski definition) is 2. The maximum absolute atomic E-state index is 6.01.